The lowest BCUT2D eigenvalue weighted by Gasteiger charge is -2.07. The van der Waals surface area contributed by atoms with Crippen molar-refractivity contribution >= 4 is 33.3 Å². The van der Waals surface area contributed by atoms with Crippen molar-refractivity contribution in [2.75, 3.05) is 5.73 Å². The van der Waals surface area contributed by atoms with Gasteiger partial charge in [0.1, 0.15) is 0 Å². The smallest absolute Gasteiger partial charge is 0.178 e. The summed E-state index contributed by atoms with van der Waals surface area (Å²) in [4.78, 5) is 0. The Morgan fingerprint density at radius 2 is 1.90 bits per heavy atom. The van der Waals surface area contributed by atoms with Gasteiger partial charge in [0.2, 0.25) is 0 Å². The van der Waals surface area contributed by atoms with Gasteiger partial charge in [-0.15, -0.1) is 0 Å². The van der Waals surface area contributed by atoms with Crippen molar-refractivity contribution in [3.8, 4) is 22.5 Å². The lowest BCUT2D eigenvalue weighted by atomic mass is 10.0. The Balaban J connectivity index is 2.25. The lowest BCUT2D eigenvalue weighted by molar-refractivity contribution is 0.436. The Morgan fingerprint density at radius 1 is 1.14 bits per heavy atom. The number of hydrogen-bond acceptors (Lipinski definition) is 3. The molecule has 2 aromatic carbocycles. The molecule has 3 nitrogen and oxygen atoms in total. The molecule has 0 spiro atoms. The number of halogens is 2. The highest BCUT2D eigenvalue weighted by atomic mass is 79.9. The number of nitrogens with two attached hydrogens (primary N) is 1. The number of nitrogen functional groups attached to an aromatic ring is 1. The first-order valence-electron chi connectivity index (χ1n) is 6.34. The molecule has 1 heterocycles. The molecule has 0 aliphatic carbocycles. The SMILES string of the molecule is Cc1ccc(-c2onc(N)c2-c2ccccc2Cl)c(Br)c1. The first-order valence-corrected chi connectivity index (χ1v) is 7.51. The average molecular weight is 364 g/mol. The maximum atomic E-state index is 6.28. The van der Waals surface area contributed by atoms with Crippen LogP contribution in [0.5, 0.6) is 0 Å². The minimum Gasteiger partial charge on any atom is -0.380 e. The number of aryl methyl sites for hydroxylation is 1. The van der Waals surface area contributed by atoms with E-state index in [0.717, 1.165) is 21.2 Å². The monoisotopic (exact) mass is 362 g/mol. The van der Waals surface area contributed by atoms with Crippen LogP contribution in [0.2, 0.25) is 5.02 Å². The van der Waals surface area contributed by atoms with E-state index in [1.807, 2.05) is 49.4 Å². The zero-order valence-corrected chi connectivity index (χ0v) is 13.6. The van der Waals surface area contributed by atoms with E-state index in [-0.39, 0.29) is 0 Å². The Bertz CT molecular complexity index is 814. The van der Waals surface area contributed by atoms with Crippen LogP contribution < -0.4 is 5.73 Å². The number of aromatic nitrogens is 1. The largest absolute Gasteiger partial charge is 0.380 e. The molecule has 0 bridgehead atoms. The van der Waals surface area contributed by atoms with E-state index in [9.17, 15) is 0 Å². The summed E-state index contributed by atoms with van der Waals surface area (Å²) < 4.78 is 6.37. The summed E-state index contributed by atoms with van der Waals surface area (Å²) >= 11 is 9.83. The van der Waals surface area contributed by atoms with Crippen LogP contribution in [0.15, 0.2) is 51.5 Å². The molecule has 0 amide bonds. The molecule has 2 N–H and O–H groups in total. The zero-order chi connectivity index (χ0) is 15.0. The van der Waals surface area contributed by atoms with Gasteiger partial charge in [-0.1, -0.05) is 57.0 Å². The highest BCUT2D eigenvalue weighted by Crippen LogP contribution is 2.42. The molecule has 0 saturated carbocycles. The molecular weight excluding hydrogens is 352 g/mol. The third-order valence-electron chi connectivity index (χ3n) is 3.23. The predicted molar refractivity (Wildman–Crippen MR) is 89.2 cm³/mol. The fraction of sp³-hybridized carbons (Fsp3) is 0.0625. The molecule has 21 heavy (non-hydrogen) atoms. The second-order valence-corrected chi connectivity index (χ2v) is 6.00. The summed E-state index contributed by atoms with van der Waals surface area (Å²) in [5, 5.41) is 4.51. The van der Waals surface area contributed by atoms with Gasteiger partial charge in [0.25, 0.3) is 0 Å². The third-order valence-corrected chi connectivity index (χ3v) is 4.22. The summed E-state index contributed by atoms with van der Waals surface area (Å²) in [5.41, 5.74) is 9.54. The molecule has 1 aromatic heterocycles. The van der Waals surface area contributed by atoms with E-state index >= 15 is 0 Å². The van der Waals surface area contributed by atoms with Crippen molar-refractivity contribution in [1.29, 1.82) is 0 Å². The first kappa shape index (κ1) is 14.2. The standard InChI is InChI=1S/C16H12BrClN2O/c1-9-6-7-10(12(17)8-9)15-14(16(19)20-21-15)11-4-2-3-5-13(11)18/h2-8H,1H3,(H2,19,20). The first-order chi connectivity index (χ1) is 10.1. The van der Waals surface area contributed by atoms with Gasteiger partial charge in [-0.3, -0.25) is 0 Å². The highest BCUT2D eigenvalue weighted by Gasteiger charge is 2.21. The van der Waals surface area contributed by atoms with Crippen LogP contribution in [0.1, 0.15) is 5.56 Å². The highest BCUT2D eigenvalue weighted by molar-refractivity contribution is 9.10. The molecule has 0 aliphatic heterocycles. The van der Waals surface area contributed by atoms with Gasteiger partial charge in [0.05, 0.1) is 5.56 Å². The Kier molecular flexibility index (Phi) is 3.74. The van der Waals surface area contributed by atoms with Gasteiger partial charge in [-0.25, -0.2) is 0 Å². The van der Waals surface area contributed by atoms with Gasteiger partial charge in [-0.05, 0) is 30.7 Å². The second-order valence-electron chi connectivity index (χ2n) is 4.74. The van der Waals surface area contributed by atoms with Gasteiger partial charge >= 0.3 is 0 Å². The maximum absolute atomic E-state index is 6.28. The van der Waals surface area contributed by atoms with Crippen molar-refractivity contribution in [2.45, 2.75) is 6.92 Å². The summed E-state index contributed by atoms with van der Waals surface area (Å²) in [5.74, 6) is 0.929. The summed E-state index contributed by atoms with van der Waals surface area (Å²) in [6, 6.07) is 13.5. The van der Waals surface area contributed by atoms with Crippen molar-refractivity contribution in [2.24, 2.45) is 0 Å². The minimum atomic E-state index is 0.325. The van der Waals surface area contributed by atoms with Crippen LogP contribution in [-0.4, -0.2) is 5.16 Å². The van der Waals surface area contributed by atoms with E-state index in [1.165, 1.54) is 0 Å². The molecular formula is C16H12BrClN2O. The van der Waals surface area contributed by atoms with Crippen LogP contribution in [0.4, 0.5) is 5.82 Å². The zero-order valence-electron chi connectivity index (χ0n) is 11.2. The molecule has 3 aromatic rings. The van der Waals surface area contributed by atoms with Crippen molar-refractivity contribution in [1.82, 2.24) is 5.16 Å². The molecule has 0 radical (unpaired) electrons. The number of benzene rings is 2. The van der Waals surface area contributed by atoms with Gasteiger partial charge in [0.15, 0.2) is 11.6 Å². The molecule has 0 saturated heterocycles. The van der Waals surface area contributed by atoms with E-state index in [2.05, 4.69) is 21.1 Å². The number of rotatable bonds is 2. The van der Waals surface area contributed by atoms with Crippen LogP contribution in [0.25, 0.3) is 22.5 Å². The summed E-state index contributed by atoms with van der Waals surface area (Å²) in [7, 11) is 0. The topological polar surface area (TPSA) is 52.0 Å². The quantitative estimate of drug-likeness (QED) is 0.671. The Hall–Kier alpha value is -1.78. The fourth-order valence-corrected chi connectivity index (χ4v) is 3.12. The van der Waals surface area contributed by atoms with E-state index in [0.29, 0.717) is 22.2 Å². The van der Waals surface area contributed by atoms with E-state index < -0.39 is 0 Å². The molecule has 3 rings (SSSR count). The summed E-state index contributed by atoms with van der Waals surface area (Å²) in [6.07, 6.45) is 0. The summed E-state index contributed by atoms with van der Waals surface area (Å²) in [6.45, 7) is 2.03. The van der Waals surface area contributed by atoms with Crippen LogP contribution in [0.3, 0.4) is 0 Å². The van der Waals surface area contributed by atoms with Gasteiger partial charge in [0, 0.05) is 20.6 Å². The van der Waals surface area contributed by atoms with Gasteiger partial charge in [-0.2, -0.15) is 0 Å². The Labute approximate surface area is 135 Å². The molecule has 0 atom stereocenters. The van der Waals surface area contributed by atoms with Crippen molar-refractivity contribution in [3.63, 3.8) is 0 Å². The number of anilines is 1. The molecule has 0 aliphatic rings. The predicted octanol–water partition coefficient (Wildman–Crippen LogP) is 5.32. The molecule has 106 valence electrons. The molecule has 0 unspecified atom stereocenters. The lowest BCUT2D eigenvalue weighted by Crippen LogP contribution is -1.90. The minimum absolute atomic E-state index is 0.325. The van der Waals surface area contributed by atoms with Crippen molar-refractivity contribution < 1.29 is 4.52 Å². The average Bonchev–Trinajstić information content (AvgIpc) is 2.81. The molecule has 0 fully saturated rings. The maximum Gasteiger partial charge on any atom is 0.178 e. The second kappa shape index (κ2) is 5.54. The molecule has 5 heteroatoms. The Morgan fingerprint density at radius 3 is 2.62 bits per heavy atom. The fourth-order valence-electron chi connectivity index (χ4n) is 2.21. The number of nitrogens with zero attached hydrogens (tertiary/aromatic N) is 1. The van der Waals surface area contributed by atoms with E-state index in [1.54, 1.807) is 0 Å². The van der Waals surface area contributed by atoms with Crippen LogP contribution >= 0.6 is 27.5 Å². The van der Waals surface area contributed by atoms with E-state index in [4.69, 9.17) is 21.9 Å². The third kappa shape index (κ3) is 2.57. The van der Waals surface area contributed by atoms with Crippen LogP contribution in [-0.2, 0) is 0 Å². The van der Waals surface area contributed by atoms with Crippen LogP contribution in [0, 0.1) is 6.92 Å². The normalized spacial score (nSPS) is 10.8. The number of hydrogen-bond donors (Lipinski definition) is 1. The van der Waals surface area contributed by atoms with Crippen molar-refractivity contribution in [3.05, 3.63) is 57.5 Å². The van der Waals surface area contributed by atoms with Gasteiger partial charge < -0.3 is 10.3 Å².